The molecule has 1 atom stereocenters. The van der Waals surface area contributed by atoms with Gasteiger partial charge in [0.05, 0.1) is 17.6 Å². The Hall–Kier alpha value is -2.83. The fourth-order valence-electron chi connectivity index (χ4n) is 4.01. The fraction of sp³-hybridized carbons (Fsp3) is 0.269. The van der Waals surface area contributed by atoms with E-state index in [1.54, 1.807) is 17.8 Å². The number of ether oxygens (including phenoxy) is 2. The average Bonchev–Trinajstić information content (AvgIpc) is 3.14. The summed E-state index contributed by atoms with van der Waals surface area (Å²) in [6, 6.07) is 21.1. The van der Waals surface area contributed by atoms with E-state index in [1.165, 1.54) is 6.07 Å². The molecule has 4 nitrogen and oxygen atoms in total. The summed E-state index contributed by atoms with van der Waals surface area (Å²) in [4.78, 5) is 4.84. The number of halogens is 1. The van der Waals surface area contributed by atoms with Crippen molar-refractivity contribution in [3.63, 3.8) is 0 Å². The van der Waals surface area contributed by atoms with Crippen molar-refractivity contribution in [2.45, 2.75) is 44.2 Å². The topological polar surface area (TPSA) is 36.3 Å². The minimum Gasteiger partial charge on any atom is -0.460 e. The first-order valence-corrected chi connectivity index (χ1v) is 11.8. The van der Waals surface area contributed by atoms with Crippen LogP contribution in [0.3, 0.4) is 0 Å². The van der Waals surface area contributed by atoms with E-state index in [9.17, 15) is 4.39 Å². The van der Waals surface area contributed by atoms with E-state index in [-0.39, 0.29) is 5.82 Å². The highest BCUT2D eigenvalue weighted by molar-refractivity contribution is 7.98. The van der Waals surface area contributed by atoms with Crippen molar-refractivity contribution in [2.75, 3.05) is 0 Å². The molecule has 1 aliphatic heterocycles. The number of nitrogens with zero attached hydrogens (tertiary/aromatic N) is 2. The lowest BCUT2D eigenvalue weighted by atomic mass is 10.1. The first-order valence-electron chi connectivity index (χ1n) is 10.8. The SMILES string of the molecule is CC(C)Cn1c(SCc2cc(F)cc3c2O[C@H](c2ccccc2)OC3)nc2ccccc21. The lowest BCUT2D eigenvalue weighted by Gasteiger charge is -2.28. The van der Waals surface area contributed by atoms with Gasteiger partial charge in [-0.05, 0) is 30.2 Å². The normalized spacial score (nSPS) is 15.7. The summed E-state index contributed by atoms with van der Waals surface area (Å²) in [5.41, 5.74) is 4.60. The summed E-state index contributed by atoms with van der Waals surface area (Å²) in [5.74, 6) is 1.48. The third-order valence-corrected chi connectivity index (χ3v) is 6.44. The van der Waals surface area contributed by atoms with E-state index in [0.29, 0.717) is 24.0 Å². The molecule has 0 saturated carbocycles. The molecule has 32 heavy (non-hydrogen) atoms. The maximum Gasteiger partial charge on any atom is 0.227 e. The molecule has 3 aromatic carbocycles. The van der Waals surface area contributed by atoms with E-state index < -0.39 is 6.29 Å². The maximum atomic E-state index is 14.4. The zero-order valence-electron chi connectivity index (χ0n) is 18.1. The molecule has 0 saturated heterocycles. The van der Waals surface area contributed by atoms with Crippen molar-refractivity contribution in [2.24, 2.45) is 5.92 Å². The summed E-state index contributed by atoms with van der Waals surface area (Å²) in [7, 11) is 0. The van der Waals surface area contributed by atoms with Gasteiger partial charge in [0.15, 0.2) is 5.16 Å². The van der Waals surface area contributed by atoms with Crippen LogP contribution in [-0.2, 0) is 23.6 Å². The number of thioether (sulfide) groups is 1. The third kappa shape index (κ3) is 4.25. The van der Waals surface area contributed by atoms with Crippen LogP contribution in [0.5, 0.6) is 5.75 Å². The summed E-state index contributed by atoms with van der Waals surface area (Å²) < 4.78 is 28.7. The van der Waals surface area contributed by atoms with Crippen LogP contribution in [0.4, 0.5) is 4.39 Å². The molecule has 164 valence electrons. The molecule has 6 heteroatoms. The van der Waals surface area contributed by atoms with Crippen LogP contribution in [-0.4, -0.2) is 9.55 Å². The molecule has 0 bridgehead atoms. The Labute approximate surface area is 191 Å². The molecule has 5 rings (SSSR count). The molecule has 4 aromatic rings. The van der Waals surface area contributed by atoms with Gasteiger partial charge in [0.1, 0.15) is 11.6 Å². The second-order valence-corrected chi connectivity index (χ2v) is 9.34. The van der Waals surface area contributed by atoms with E-state index >= 15 is 0 Å². The molecule has 0 fully saturated rings. The first-order chi connectivity index (χ1) is 15.6. The highest BCUT2D eigenvalue weighted by Crippen LogP contribution is 2.39. The number of benzene rings is 3. The Morgan fingerprint density at radius 2 is 1.88 bits per heavy atom. The van der Waals surface area contributed by atoms with Crippen molar-refractivity contribution < 1.29 is 13.9 Å². The van der Waals surface area contributed by atoms with Crippen LogP contribution in [0.2, 0.25) is 0 Å². The first kappa shape index (κ1) is 21.0. The molecule has 0 aliphatic carbocycles. The number of hydrogen-bond donors (Lipinski definition) is 0. The second-order valence-electron chi connectivity index (χ2n) is 8.40. The van der Waals surface area contributed by atoms with Crippen LogP contribution in [0.1, 0.15) is 36.8 Å². The van der Waals surface area contributed by atoms with Gasteiger partial charge >= 0.3 is 0 Å². The standard InChI is InChI=1S/C26H25FN2O2S/c1-17(2)14-29-23-11-7-6-10-22(23)28-26(29)32-16-20-13-21(27)12-19-15-30-25(31-24(19)20)18-8-4-3-5-9-18/h3-13,17,25H,14-16H2,1-2H3/t25-/m1/s1. The number of fused-ring (bicyclic) bond motifs is 2. The van der Waals surface area contributed by atoms with Crippen molar-refractivity contribution in [3.8, 4) is 5.75 Å². The maximum absolute atomic E-state index is 14.4. The molecule has 0 unspecified atom stereocenters. The average molecular weight is 449 g/mol. The highest BCUT2D eigenvalue weighted by Gasteiger charge is 2.25. The van der Waals surface area contributed by atoms with Crippen LogP contribution in [0.25, 0.3) is 11.0 Å². The minimum atomic E-state index is -0.497. The Morgan fingerprint density at radius 3 is 2.69 bits per heavy atom. The van der Waals surface area contributed by atoms with E-state index in [4.69, 9.17) is 14.5 Å². The quantitative estimate of drug-likeness (QED) is 0.306. The number of rotatable bonds is 6. The predicted molar refractivity (Wildman–Crippen MR) is 125 cm³/mol. The van der Waals surface area contributed by atoms with Gasteiger partial charge in [0.2, 0.25) is 6.29 Å². The third-order valence-electron chi connectivity index (χ3n) is 5.42. The number of imidazole rings is 1. The van der Waals surface area contributed by atoms with Crippen LogP contribution < -0.4 is 4.74 Å². The van der Waals surface area contributed by atoms with Gasteiger partial charge in [-0.1, -0.05) is 68.1 Å². The Morgan fingerprint density at radius 1 is 1.09 bits per heavy atom. The van der Waals surface area contributed by atoms with Crippen molar-refractivity contribution in [3.05, 3.63) is 89.2 Å². The minimum absolute atomic E-state index is 0.277. The summed E-state index contributed by atoms with van der Waals surface area (Å²) in [6.07, 6.45) is -0.497. The molecule has 0 amide bonds. The van der Waals surface area contributed by atoms with E-state index in [2.05, 4.69) is 24.5 Å². The largest absolute Gasteiger partial charge is 0.460 e. The zero-order valence-corrected chi connectivity index (χ0v) is 18.9. The van der Waals surface area contributed by atoms with Crippen LogP contribution in [0.15, 0.2) is 71.9 Å². The van der Waals surface area contributed by atoms with Crippen LogP contribution >= 0.6 is 11.8 Å². The van der Waals surface area contributed by atoms with Gasteiger partial charge in [0.25, 0.3) is 0 Å². The number of para-hydroxylation sites is 2. The zero-order chi connectivity index (χ0) is 22.1. The highest BCUT2D eigenvalue weighted by atomic mass is 32.2. The lowest BCUT2D eigenvalue weighted by Crippen LogP contribution is -2.19. The van der Waals surface area contributed by atoms with Gasteiger partial charge in [-0.2, -0.15) is 0 Å². The number of hydrogen-bond acceptors (Lipinski definition) is 4. The Kier molecular flexibility index (Phi) is 5.89. The summed E-state index contributed by atoms with van der Waals surface area (Å²) in [5, 5.41) is 0.935. The van der Waals surface area contributed by atoms with Crippen molar-refractivity contribution in [1.82, 2.24) is 9.55 Å². The van der Waals surface area contributed by atoms with Gasteiger partial charge < -0.3 is 14.0 Å². The molecular formula is C26H25FN2O2S. The van der Waals surface area contributed by atoms with Gasteiger partial charge in [0, 0.05) is 29.0 Å². The smallest absolute Gasteiger partial charge is 0.227 e. The predicted octanol–water partition coefficient (Wildman–Crippen LogP) is 6.73. The molecule has 0 radical (unpaired) electrons. The van der Waals surface area contributed by atoms with Crippen molar-refractivity contribution in [1.29, 1.82) is 0 Å². The van der Waals surface area contributed by atoms with Crippen molar-refractivity contribution >= 4 is 22.8 Å². The van der Waals surface area contributed by atoms with E-state index in [1.807, 2.05) is 48.5 Å². The Bertz CT molecular complexity index is 1240. The summed E-state index contributed by atoms with van der Waals surface area (Å²) in [6.45, 7) is 5.59. The fourth-order valence-corrected chi connectivity index (χ4v) is 5.00. The van der Waals surface area contributed by atoms with Gasteiger partial charge in [-0.15, -0.1) is 0 Å². The molecule has 1 aromatic heterocycles. The molecule has 2 heterocycles. The van der Waals surface area contributed by atoms with Gasteiger partial charge in [-0.3, -0.25) is 0 Å². The number of aromatic nitrogens is 2. The monoisotopic (exact) mass is 448 g/mol. The van der Waals surface area contributed by atoms with E-state index in [0.717, 1.165) is 39.4 Å². The second kappa shape index (κ2) is 8.96. The molecular weight excluding hydrogens is 423 g/mol. The molecule has 1 aliphatic rings. The molecule has 0 spiro atoms. The Balaban J connectivity index is 1.44. The summed E-state index contributed by atoms with van der Waals surface area (Å²) >= 11 is 1.61. The van der Waals surface area contributed by atoms with Crippen LogP contribution in [0, 0.1) is 11.7 Å². The lowest BCUT2D eigenvalue weighted by molar-refractivity contribution is -0.112. The van der Waals surface area contributed by atoms with Gasteiger partial charge in [-0.25, -0.2) is 9.37 Å². The molecule has 0 N–H and O–H groups in total.